The molecule has 0 saturated heterocycles. The van der Waals surface area contributed by atoms with Gasteiger partial charge in [0.1, 0.15) is 0 Å². The van der Waals surface area contributed by atoms with Gasteiger partial charge in [-0.1, -0.05) is 328 Å². The van der Waals surface area contributed by atoms with E-state index in [9.17, 15) is 0 Å². The smallest absolute Gasteiger partial charge is 0.252 e. The van der Waals surface area contributed by atoms with E-state index in [1.165, 1.54) is 132 Å². The summed E-state index contributed by atoms with van der Waals surface area (Å²) in [4.78, 5) is 5.56. The van der Waals surface area contributed by atoms with Crippen molar-refractivity contribution in [3.63, 3.8) is 0 Å². The van der Waals surface area contributed by atoms with Crippen LogP contribution in [0.25, 0.3) is 111 Å². The molecule has 2 aliphatic rings. The van der Waals surface area contributed by atoms with Gasteiger partial charge in [0, 0.05) is 77.9 Å². The molecule has 0 unspecified atom stereocenters. The van der Waals surface area contributed by atoms with Gasteiger partial charge in [0.15, 0.2) is 0 Å². The summed E-state index contributed by atoms with van der Waals surface area (Å²) >= 11 is 0. The van der Waals surface area contributed by atoms with Crippen molar-refractivity contribution < 1.29 is 0 Å². The normalized spacial score (nSPS) is 13.4. The van der Waals surface area contributed by atoms with E-state index in [0.717, 1.165) is 73.3 Å². The summed E-state index contributed by atoms with van der Waals surface area (Å²) in [6, 6.07) is 112. The van der Waals surface area contributed by atoms with Crippen LogP contribution in [0.5, 0.6) is 0 Å². The van der Waals surface area contributed by atoms with E-state index in [-0.39, 0.29) is 45.1 Å². The minimum absolute atomic E-state index is 0.0754. The molecular weight excluding hydrogens is 1440 g/mol. The van der Waals surface area contributed by atoms with Crippen LogP contribution < -0.4 is 26.2 Å². The minimum atomic E-state index is -0.297. The topological polar surface area (TPSA) is 16.3 Å². The van der Waals surface area contributed by atoms with Crippen molar-refractivity contribution in [2.45, 2.75) is 197 Å². The Morgan fingerprint density at radius 3 is 0.824 bits per heavy atom. The molecule has 0 spiro atoms. The molecule has 0 fully saturated rings. The van der Waals surface area contributed by atoms with Crippen LogP contribution in [0.15, 0.2) is 285 Å². The summed E-state index contributed by atoms with van der Waals surface area (Å²) < 4.78 is 5.18. The van der Waals surface area contributed by atoms with Crippen LogP contribution in [0.2, 0.25) is 0 Å². The van der Waals surface area contributed by atoms with Gasteiger partial charge in [0.25, 0.3) is 6.71 Å². The summed E-state index contributed by atoms with van der Waals surface area (Å²) in [5, 5.41) is 5.05. The fraction of sp³-hybridized carbons (Fsp3) is 0.263. The molecule has 2 aromatic heterocycles. The lowest BCUT2D eigenvalue weighted by molar-refractivity contribution is 0.590. The van der Waals surface area contributed by atoms with Crippen molar-refractivity contribution in [1.82, 2.24) is 9.13 Å². The summed E-state index contributed by atoms with van der Waals surface area (Å²) in [7, 11) is 0. The van der Waals surface area contributed by atoms with E-state index in [1.54, 1.807) is 0 Å². The number of nitrogens with zero attached hydrogens (tertiary/aromatic N) is 4. The van der Waals surface area contributed by atoms with Crippen molar-refractivity contribution in [3.05, 3.63) is 330 Å². The molecule has 5 heteroatoms. The van der Waals surface area contributed by atoms with Crippen LogP contribution >= 0.6 is 0 Å². The van der Waals surface area contributed by atoms with Gasteiger partial charge < -0.3 is 18.9 Å². The number of aromatic nitrogens is 2. The zero-order chi connectivity index (χ0) is 83.6. The van der Waals surface area contributed by atoms with E-state index in [4.69, 9.17) is 0 Å². The number of hydrogen-bond acceptors (Lipinski definition) is 2. The molecule has 0 radical (unpaired) electrons. The van der Waals surface area contributed by atoms with Gasteiger partial charge >= 0.3 is 0 Å². The highest BCUT2D eigenvalue weighted by Crippen LogP contribution is 2.57. The van der Waals surface area contributed by atoms with E-state index >= 15 is 0 Å². The maximum atomic E-state index is 2.78. The van der Waals surface area contributed by atoms with Gasteiger partial charge in [-0.25, -0.2) is 0 Å². The molecule has 594 valence electrons. The van der Waals surface area contributed by atoms with Gasteiger partial charge in [-0.15, -0.1) is 0 Å². The zero-order valence-corrected chi connectivity index (χ0v) is 74.2. The molecule has 0 saturated carbocycles. The van der Waals surface area contributed by atoms with Gasteiger partial charge in [0.05, 0.1) is 33.4 Å². The van der Waals surface area contributed by atoms with Crippen molar-refractivity contribution in [3.8, 4) is 67.0 Å². The molecule has 0 amide bonds. The van der Waals surface area contributed by atoms with E-state index in [2.05, 4.69) is 456 Å². The molecule has 14 aromatic carbocycles. The van der Waals surface area contributed by atoms with Crippen molar-refractivity contribution >= 4 is 101 Å². The lowest BCUT2D eigenvalue weighted by Crippen LogP contribution is -2.61. The highest BCUT2D eigenvalue weighted by molar-refractivity contribution is 7.00. The number of anilines is 6. The first-order valence-electron chi connectivity index (χ1n) is 43.5. The summed E-state index contributed by atoms with van der Waals surface area (Å²) in [6.07, 6.45) is 0. The average molecular weight is 1550 g/mol. The molecule has 119 heavy (non-hydrogen) atoms. The third-order valence-electron chi connectivity index (χ3n) is 26.0. The van der Waals surface area contributed by atoms with Crippen LogP contribution in [0, 0.1) is 0 Å². The molecule has 0 atom stereocenters. The molecule has 16 aromatic rings. The number of rotatable bonds is 11. The highest BCUT2D eigenvalue weighted by atomic mass is 15.2. The average Bonchev–Trinajstić information content (AvgIpc) is 0.832. The molecule has 0 N–H and O–H groups in total. The Hall–Kier alpha value is -11.7. The van der Waals surface area contributed by atoms with Gasteiger partial charge in [0.2, 0.25) is 0 Å². The molecule has 18 rings (SSSR count). The lowest BCUT2D eigenvalue weighted by atomic mass is 9.33. The van der Waals surface area contributed by atoms with Crippen LogP contribution in [0.1, 0.15) is 209 Å². The van der Waals surface area contributed by atoms with E-state index in [0.29, 0.717) is 5.92 Å². The maximum absolute atomic E-state index is 2.78. The molecule has 0 aliphatic carbocycles. The molecule has 2 aliphatic heterocycles. The Kier molecular flexibility index (Phi) is 18.8. The Balaban J connectivity index is 1.06. The fourth-order valence-corrected chi connectivity index (χ4v) is 19.0. The number of hydrogen-bond donors (Lipinski definition) is 0. The highest BCUT2D eigenvalue weighted by Gasteiger charge is 2.47. The van der Waals surface area contributed by atoms with Crippen molar-refractivity contribution in [1.29, 1.82) is 0 Å². The quantitative estimate of drug-likeness (QED) is 0.120. The number of fused-ring (bicyclic) bond motifs is 10. The third kappa shape index (κ3) is 13.6. The van der Waals surface area contributed by atoms with Crippen LogP contribution in [-0.2, 0) is 32.5 Å². The first kappa shape index (κ1) is 78.5. The standard InChI is InChI=1S/C114H115BN4/c1-70(2)76-43-50-86(87(57-76)71(3)4)77-58-104-106-105(59-77)119(108-90(74-39-31-25-32-40-74)66-83(114(20,21)22)67-91(108)75-41-33-26-34-42-75)103-69-85(117-100-55-46-80(111(11,12)13)62-94(100)95-63-81(112(14,15)16)47-56-101(95)117)49-52-97(103)115(106)96-51-48-84(116-98-53-44-78(109(5,6)7)60-92(98)93-61-79(110(8,9)10)45-54-99(93)116)68-102(96)118(104)107-88(72-35-27-23-28-36-72)64-82(113(17,18)19)65-89(107)73-37-29-24-30-38-73/h23-71H,1-22H3. The summed E-state index contributed by atoms with van der Waals surface area (Å²) in [5.74, 6) is 0.518. The maximum Gasteiger partial charge on any atom is 0.252 e. The summed E-state index contributed by atoms with van der Waals surface area (Å²) in [6.45, 7) is 51.6. The monoisotopic (exact) mass is 1550 g/mol. The van der Waals surface area contributed by atoms with E-state index in [1.807, 2.05) is 0 Å². The second kappa shape index (κ2) is 28.5. The number of benzene rings is 14. The fourth-order valence-electron chi connectivity index (χ4n) is 19.0. The Morgan fingerprint density at radius 2 is 0.546 bits per heavy atom. The molecule has 4 nitrogen and oxygen atoms in total. The lowest BCUT2D eigenvalue weighted by Gasteiger charge is -2.46. The predicted molar refractivity (Wildman–Crippen MR) is 517 cm³/mol. The minimum Gasteiger partial charge on any atom is -0.310 e. The van der Waals surface area contributed by atoms with Gasteiger partial charge in [-0.05, 0) is 248 Å². The second-order valence-corrected chi connectivity index (χ2v) is 41.1. The van der Waals surface area contributed by atoms with Crippen LogP contribution in [0.3, 0.4) is 0 Å². The van der Waals surface area contributed by atoms with Gasteiger partial charge in [-0.3, -0.25) is 0 Å². The Morgan fingerprint density at radius 1 is 0.244 bits per heavy atom. The molecule has 0 bridgehead atoms. The van der Waals surface area contributed by atoms with Gasteiger partial charge in [-0.2, -0.15) is 0 Å². The van der Waals surface area contributed by atoms with Crippen molar-refractivity contribution in [2.24, 2.45) is 0 Å². The Labute approximate surface area is 708 Å². The Bertz CT molecular complexity index is 6070. The first-order chi connectivity index (χ1) is 56.5. The van der Waals surface area contributed by atoms with E-state index < -0.39 is 0 Å². The summed E-state index contributed by atoms with van der Waals surface area (Å²) in [5.41, 5.74) is 38.8. The zero-order valence-electron chi connectivity index (χ0n) is 74.2. The first-order valence-corrected chi connectivity index (χ1v) is 43.5. The molecule has 4 heterocycles. The second-order valence-electron chi connectivity index (χ2n) is 41.1. The van der Waals surface area contributed by atoms with Crippen LogP contribution in [-0.4, -0.2) is 15.8 Å². The predicted octanol–water partition coefficient (Wildman–Crippen LogP) is 30.3. The molecular formula is C114H115BN4. The van der Waals surface area contributed by atoms with Crippen LogP contribution in [0.4, 0.5) is 34.1 Å². The van der Waals surface area contributed by atoms with Crippen molar-refractivity contribution in [2.75, 3.05) is 9.80 Å². The SMILES string of the molecule is CC(C)c1ccc(-c2cc3c4c(c2)N(c2c(-c5ccccc5)cc(C(C)(C)C)cc2-c2ccccc2)c2cc(-n5c6ccc(C(C)(C)C)cc6c6cc(C(C)(C)C)ccc65)ccc2B4c2ccc(-n4c5ccc(C(C)(C)C)cc5c5cc(C(C)(C)C)ccc54)cc2N3c2c(-c3ccccc3)cc(C(C)(C)C)cc2-c2ccccc2)c(C(C)C)c1. The third-order valence-corrected chi connectivity index (χ3v) is 26.0. The largest absolute Gasteiger partial charge is 0.310 e.